The van der Waals surface area contributed by atoms with Crippen molar-refractivity contribution < 1.29 is 9.53 Å². The largest absolute Gasteiger partial charge is 0.495 e. The number of pyridine rings is 1. The van der Waals surface area contributed by atoms with Gasteiger partial charge in [-0.1, -0.05) is 12.1 Å². The first-order chi connectivity index (χ1) is 12.4. The minimum Gasteiger partial charge on any atom is -0.495 e. The maximum absolute atomic E-state index is 13.0. The molecule has 8 heteroatoms. The number of nitrogens with one attached hydrogen (secondary N) is 1. The van der Waals surface area contributed by atoms with Crippen LogP contribution in [0.4, 0.5) is 5.95 Å². The minimum atomic E-state index is -0.553. The second-order valence-corrected chi connectivity index (χ2v) is 5.78. The average Bonchev–Trinajstić information content (AvgIpc) is 2.92. The van der Waals surface area contributed by atoms with Gasteiger partial charge in [0.2, 0.25) is 5.95 Å². The first kappa shape index (κ1) is 17.4. The van der Waals surface area contributed by atoms with E-state index in [9.17, 15) is 9.59 Å². The Bertz CT molecular complexity index is 1020. The monoisotopic (exact) mass is 353 g/mol. The average molecular weight is 353 g/mol. The summed E-state index contributed by atoms with van der Waals surface area (Å²) < 4.78 is 8.24. The summed E-state index contributed by atoms with van der Waals surface area (Å²) in [6.45, 7) is 3.48. The molecule has 0 aliphatic rings. The van der Waals surface area contributed by atoms with Crippen LogP contribution in [-0.4, -0.2) is 32.3 Å². The van der Waals surface area contributed by atoms with Gasteiger partial charge in [-0.25, -0.2) is 0 Å². The molecule has 0 unspecified atom stereocenters. The van der Waals surface area contributed by atoms with Crippen molar-refractivity contribution in [1.29, 1.82) is 0 Å². The molecule has 0 aliphatic heterocycles. The van der Waals surface area contributed by atoms with Crippen LogP contribution in [0, 0.1) is 13.8 Å². The van der Waals surface area contributed by atoms with Crippen molar-refractivity contribution in [3.05, 3.63) is 63.8 Å². The molecule has 0 radical (unpaired) electrons. The van der Waals surface area contributed by atoms with Crippen LogP contribution in [0.25, 0.3) is 5.69 Å². The van der Waals surface area contributed by atoms with E-state index in [4.69, 9.17) is 4.74 Å². The van der Waals surface area contributed by atoms with Gasteiger partial charge in [-0.15, -0.1) is 5.10 Å². The number of benzene rings is 1. The second-order valence-electron chi connectivity index (χ2n) is 5.78. The molecular weight excluding hydrogens is 334 g/mol. The summed E-state index contributed by atoms with van der Waals surface area (Å²) in [7, 11) is 3.25. The van der Waals surface area contributed by atoms with E-state index in [1.54, 1.807) is 56.0 Å². The summed E-state index contributed by atoms with van der Waals surface area (Å²) in [6.07, 6.45) is 1.62. The lowest BCUT2D eigenvalue weighted by Gasteiger charge is -2.13. The van der Waals surface area contributed by atoms with Gasteiger partial charge in [-0.3, -0.25) is 24.2 Å². The summed E-state index contributed by atoms with van der Waals surface area (Å²) in [5.41, 5.74) is 0.704. The van der Waals surface area contributed by atoms with Crippen molar-refractivity contribution >= 4 is 11.9 Å². The van der Waals surface area contributed by atoms with Crippen molar-refractivity contribution in [2.75, 3.05) is 12.4 Å². The number of nitrogens with zero attached hydrogens (tertiary/aromatic N) is 4. The molecule has 2 heterocycles. The molecule has 1 aromatic carbocycles. The lowest BCUT2D eigenvalue weighted by Crippen LogP contribution is -2.29. The Morgan fingerprint density at radius 1 is 1.19 bits per heavy atom. The summed E-state index contributed by atoms with van der Waals surface area (Å²) in [5, 5.41) is 6.67. The van der Waals surface area contributed by atoms with E-state index in [0.29, 0.717) is 22.8 Å². The third kappa shape index (κ3) is 3.08. The highest BCUT2D eigenvalue weighted by molar-refractivity contribution is 6.04. The second kappa shape index (κ2) is 6.83. The number of rotatable bonds is 4. The zero-order chi connectivity index (χ0) is 18.8. The molecule has 0 fully saturated rings. The predicted molar refractivity (Wildman–Crippen MR) is 97.0 cm³/mol. The molecule has 26 heavy (non-hydrogen) atoms. The molecule has 3 aromatic rings. The van der Waals surface area contributed by atoms with Gasteiger partial charge in [-0.05, 0) is 37.6 Å². The van der Waals surface area contributed by atoms with E-state index >= 15 is 0 Å². The highest BCUT2D eigenvalue weighted by Gasteiger charge is 2.19. The van der Waals surface area contributed by atoms with Crippen LogP contribution >= 0.6 is 0 Å². The molecule has 8 nitrogen and oxygen atoms in total. The number of hydrogen-bond donors (Lipinski definition) is 1. The Kier molecular flexibility index (Phi) is 4.57. The molecule has 2 aromatic heterocycles. The number of amides is 1. The predicted octanol–water partition coefficient (Wildman–Crippen LogP) is 1.84. The third-order valence-electron chi connectivity index (χ3n) is 4.08. The molecule has 134 valence electrons. The van der Waals surface area contributed by atoms with E-state index in [1.807, 2.05) is 6.07 Å². The number of carbonyl (C=O) groups is 1. The number of methoxy groups -OCH3 is 1. The summed E-state index contributed by atoms with van der Waals surface area (Å²) >= 11 is 0. The molecule has 0 saturated heterocycles. The van der Waals surface area contributed by atoms with Crippen LogP contribution < -0.4 is 15.6 Å². The third-order valence-corrected chi connectivity index (χ3v) is 4.08. The number of hydrogen-bond acceptors (Lipinski definition) is 5. The number of anilines is 1. The summed E-state index contributed by atoms with van der Waals surface area (Å²) in [6, 6.07) is 8.82. The standard InChI is InChI=1S/C18H19N5O3/c1-11-9-10-23(13-7-5-6-8-14(13)26-4)17(25)15(11)16(24)20-18-19-12(2)22(3)21-18/h5-10H,1-4H3,(H,20,21,24). The fourth-order valence-corrected chi connectivity index (χ4v) is 2.60. The number of aryl methyl sites for hydroxylation is 3. The van der Waals surface area contributed by atoms with Crippen molar-refractivity contribution in [2.45, 2.75) is 13.8 Å². The first-order valence-corrected chi connectivity index (χ1v) is 7.97. The fraction of sp³-hybridized carbons (Fsp3) is 0.222. The molecule has 0 bridgehead atoms. The number of aromatic nitrogens is 4. The van der Waals surface area contributed by atoms with E-state index in [-0.39, 0.29) is 11.5 Å². The van der Waals surface area contributed by atoms with Crippen LogP contribution in [0.2, 0.25) is 0 Å². The number of para-hydroxylation sites is 2. The number of ether oxygens (including phenoxy) is 1. The lowest BCUT2D eigenvalue weighted by atomic mass is 10.1. The van der Waals surface area contributed by atoms with Crippen molar-refractivity contribution in [1.82, 2.24) is 19.3 Å². The van der Waals surface area contributed by atoms with Gasteiger partial charge in [0.25, 0.3) is 11.5 Å². The molecule has 0 aliphatic carbocycles. The highest BCUT2D eigenvalue weighted by atomic mass is 16.5. The van der Waals surface area contributed by atoms with E-state index < -0.39 is 11.5 Å². The van der Waals surface area contributed by atoms with E-state index in [1.165, 1.54) is 11.7 Å². The lowest BCUT2D eigenvalue weighted by molar-refractivity contribution is 0.102. The first-order valence-electron chi connectivity index (χ1n) is 7.97. The van der Waals surface area contributed by atoms with Crippen LogP contribution in [0.15, 0.2) is 41.3 Å². The molecule has 0 saturated carbocycles. The minimum absolute atomic E-state index is 0.0310. The smallest absolute Gasteiger partial charge is 0.268 e. The maximum Gasteiger partial charge on any atom is 0.268 e. The summed E-state index contributed by atoms with van der Waals surface area (Å²) in [4.78, 5) is 29.8. The van der Waals surface area contributed by atoms with Crippen LogP contribution in [0.5, 0.6) is 5.75 Å². The Morgan fingerprint density at radius 3 is 2.58 bits per heavy atom. The Labute approximate surface area is 150 Å². The topological polar surface area (TPSA) is 91.0 Å². The number of carbonyl (C=O) groups excluding carboxylic acids is 1. The van der Waals surface area contributed by atoms with Gasteiger partial charge in [0.15, 0.2) is 0 Å². The van der Waals surface area contributed by atoms with E-state index in [0.717, 1.165) is 0 Å². The molecule has 0 spiro atoms. The van der Waals surface area contributed by atoms with Crippen molar-refractivity contribution in [3.8, 4) is 11.4 Å². The molecule has 1 amide bonds. The Hall–Kier alpha value is -3.42. The Balaban J connectivity index is 2.05. The van der Waals surface area contributed by atoms with Crippen LogP contribution in [0.3, 0.4) is 0 Å². The van der Waals surface area contributed by atoms with Gasteiger partial charge in [0.1, 0.15) is 17.1 Å². The molecular formula is C18H19N5O3. The van der Waals surface area contributed by atoms with Gasteiger partial charge in [0.05, 0.1) is 12.8 Å². The van der Waals surface area contributed by atoms with Gasteiger partial charge < -0.3 is 4.74 Å². The van der Waals surface area contributed by atoms with Gasteiger partial charge >= 0.3 is 0 Å². The SMILES string of the molecule is COc1ccccc1-n1ccc(C)c(C(=O)Nc2nc(C)n(C)n2)c1=O. The zero-order valence-electron chi connectivity index (χ0n) is 15.0. The van der Waals surface area contributed by atoms with Crippen LogP contribution in [0.1, 0.15) is 21.7 Å². The van der Waals surface area contributed by atoms with E-state index in [2.05, 4.69) is 15.4 Å². The fourth-order valence-electron chi connectivity index (χ4n) is 2.60. The van der Waals surface area contributed by atoms with Gasteiger partial charge in [-0.2, -0.15) is 4.98 Å². The summed E-state index contributed by atoms with van der Waals surface area (Å²) in [5.74, 6) is 0.784. The molecule has 0 atom stereocenters. The van der Waals surface area contributed by atoms with Crippen LogP contribution in [-0.2, 0) is 7.05 Å². The molecule has 1 N–H and O–H groups in total. The zero-order valence-corrected chi connectivity index (χ0v) is 15.0. The van der Waals surface area contributed by atoms with Crippen molar-refractivity contribution in [2.24, 2.45) is 7.05 Å². The normalized spacial score (nSPS) is 10.6. The quantitative estimate of drug-likeness (QED) is 0.773. The van der Waals surface area contributed by atoms with Gasteiger partial charge in [0, 0.05) is 13.2 Å². The maximum atomic E-state index is 13.0. The molecule has 3 rings (SSSR count). The Morgan fingerprint density at radius 2 is 1.92 bits per heavy atom. The highest BCUT2D eigenvalue weighted by Crippen LogP contribution is 2.21. The van der Waals surface area contributed by atoms with Crippen molar-refractivity contribution in [3.63, 3.8) is 0 Å².